The van der Waals surface area contributed by atoms with E-state index in [4.69, 9.17) is 32.7 Å². The van der Waals surface area contributed by atoms with Gasteiger partial charge in [0.2, 0.25) is 6.10 Å². The van der Waals surface area contributed by atoms with Gasteiger partial charge < -0.3 is 9.47 Å². The molecule has 0 unspecified atom stereocenters. The Kier molecular flexibility index (Phi) is 5.21. The van der Waals surface area contributed by atoms with E-state index in [0.717, 1.165) is 18.9 Å². The highest BCUT2D eigenvalue weighted by Crippen LogP contribution is 2.46. The largest absolute Gasteiger partial charge is 0.490 e. The Balaban J connectivity index is 1.80. The van der Waals surface area contributed by atoms with Crippen LogP contribution in [0.3, 0.4) is 0 Å². The zero-order chi connectivity index (χ0) is 17.3. The van der Waals surface area contributed by atoms with Crippen LogP contribution >= 0.6 is 23.2 Å². The summed E-state index contributed by atoms with van der Waals surface area (Å²) in [5.41, 5.74) is 0.413. The summed E-state index contributed by atoms with van der Waals surface area (Å²) in [4.78, 5) is 0. The molecule has 1 aromatic rings. The van der Waals surface area contributed by atoms with Crippen molar-refractivity contribution in [2.75, 3.05) is 6.61 Å². The van der Waals surface area contributed by atoms with Crippen molar-refractivity contribution in [3.05, 3.63) is 27.8 Å². The second-order valence-corrected chi connectivity index (χ2v) is 6.96. The average Bonchev–Trinajstić information content (AvgIpc) is 2.54. The molecule has 0 aromatic heterocycles. The molecular formula is C17H17Cl2F3O2. The van der Waals surface area contributed by atoms with Gasteiger partial charge in [-0.3, -0.25) is 0 Å². The first-order valence-electron chi connectivity index (χ1n) is 7.92. The molecule has 1 aliphatic carbocycles. The molecule has 1 aromatic carbocycles. The molecule has 1 heterocycles. The lowest BCUT2D eigenvalue weighted by molar-refractivity contribution is -0.180. The molecule has 3 rings (SSSR count). The van der Waals surface area contributed by atoms with E-state index in [0.29, 0.717) is 18.1 Å². The monoisotopic (exact) mass is 380 g/mol. The van der Waals surface area contributed by atoms with E-state index in [2.05, 4.69) is 0 Å². The summed E-state index contributed by atoms with van der Waals surface area (Å²) >= 11 is 12.4. The molecule has 2 aliphatic rings. The molecule has 1 aliphatic heterocycles. The lowest BCUT2D eigenvalue weighted by Gasteiger charge is -2.26. The SMILES string of the molecule is FC(F)(F)[C@H]1C=Cc2cc(Cl)c(OCC3CCCCC3)c(Cl)c2O1. The quantitative estimate of drug-likeness (QED) is 0.613. The molecule has 0 bridgehead atoms. The van der Waals surface area contributed by atoms with Crippen molar-refractivity contribution < 1.29 is 22.6 Å². The second kappa shape index (κ2) is 7.04. The molecule has 1 fully saturated rings. The minimum Gasteiger partial charge on any atom is -0.490 e. The predicted octanol–water partition coefficient (Wildman–Crippen LogP) is 6.29. The van der Waals surface area contributed by atoms with Gasteiger partial charge in [-0.2, -0.15) is 13.2 Å². The topological polar surface area (TPSA) is 18.5 Å². The fourth-order valence-electron chi connectivity index (χ4n) is 3.07. The van der Waals surface area contributed by atoms with Crippen molar-refractivity contribution in [3.8, 4) is 11.5 Å². The third-order valence-electron chi connectivity index (χ3n) is 4.37. The van der Waals surface area contributed by atoms with Gasteiger partial charge in [-0.15, -0.1) is 0 Å². The number of hydrogen-bond donors (Lipinski definition) is 0. The highest BCUT2D eigenvalue weighted by atomic mass is 35.5. The van der Waals surface area contributed by atoms with Gasteiger partial charge in [0, 0.05) is 5.56 Å². The van der Waals surface area contributed by atoms with Crippen molar-refractivity contribution in [2.45, 2.75) is 44.4 Å². The summed E-state index contributed by atoms with van der Waals surface area (Å²) < 4.78 is 49.4. The van der Waals surface area contributed by atoms with Crippen LogP contribution in [0.25, 0.3) is 6.08 Å². The summed E-state index contributed by atoms with van der Waals surface area (Å²) in [6.07, 6.45) is 1.47. The Hall–Kier alpha value is -1.07. The van der Waals surface area contributed by atoms with Crippen LogP contribution in [-0.4, -0.2) is 18.9 Å². The summed E-state index contributed by atoms with van der Waals surface area (Å²) in [5.74, 6) is 0.578. The van der Waals surface area contributed by atoms with Gasteiger partial charge in [0.25, 0.3) is 0 Å². The molecule has 132 valence electrons. The van der Waals surface area contributed by atoms with Gasteiger partial charge in [0.05, 0.1) is 11.6 Å². The molecule has 1 saturated carbocycles. The smallest absolute Gasteiger partial charge is 0.429 e. The third-order valence-corrected chi connectivity index (χ3v) is 4.99. The summed E-state index contributed by atoms with van der Waals surface area (Å²) in [6, 6.07) is 1.52. The number of rotatable bonds is 3. The Morgan fingerprint density at radius 3 is 2.54 bits per heavy atom. The summed E-state index contributed by atoms with van der Waals surface area (Å²) in [7, 11) is 0. The molecule has 0 radical (unpaired) electrons. The number of halogens is 5. The lowest BCUT2D eigenvalue weighted by atomic mass is 9.90. The lowest BCUT2D eigenvalue weighted by Crippen LogP contribution is -2.34. The molecule has 0 N–H and O–H groups in total. The standard InChI is InChI=1S/C17H17Cl2F3O2/c18-12-8-11-6-7-13(17(20,21)22)24-15(11)14(19)16(12)23-9-10-4-2-1-3-5-10/h6-8,10,13H,1-5,9H2/t13-/m1/s1. The van der Waals surface area contributed by atoms with Crippen LogP contribution in [0.2, 0.25) is 10.0 Å². The van der Waals surface area contributed by atoms with Crippen LogP contribution in [0.15, 0.2) is 12.1 Å². The Labute approximate surface area is 148 Å². The zero-order valence-corrected chi connectivity index (χ0v) is 14.3. The van der Waals surface area contributed by atoms with E-state index >= 15 is 0 Å². The highest BCUT2D eigenvalue weighted by Gasteiger charge is 2.42. The maximum Gasteiger partial charge on any atom is 0.429 e. The zero-order valence-electron chi connectivity index (χ0n) is 12.8. The van der Waals surface area contributed by atoms with E-state index < -0.39 is 12.3 Å². The van der Waals surface area contributed by atoms with Gasteiger partial charge in [-0.25, -0.2) is 0 Å². The van der Waals surface area contributed by atoms with E-state index in [1.807, 2.05) is 0 Å². The number of ether oxygens (including phenoxy) is 2. The first-order chi connectivity index (χ1) is 11.4. The molecule has 0 saturated heterocycles. The minimum absolute atomic E-state index is 0.00749. The van der Waals surface area contributed by atoms with E-state index in [-0.39, 0.29) is 21.5 Å². The first kappa shape index (κ1) is 17.7. The van der Waals surface area contributed by atoms with Crippen LogP contribution in [0.4, 0.5) is 13.2 Å². The molecule has 0 spiro atoms. The highest BCUT2D eigenvalue weighted by molar-refractivity contribution is 6.38. The van der Waals surface area contributed by atoms with E-state index in [1.165, 1.54) is 31.4 Å². The Morgan fingerprint density at radius 2 is 1.88 bits per heavy atom. The Morgan fingerprint density at radius 1 is 1.17 bits per heavy atom. The normalized spacial score (nSPS) is 21.3. The van der Waals surface area contributed by atoms with E-state index in [1.54, 1.807) is 0 Å². The third kappa shape index (κ3) is 3.77. The van der Waals surface area contributed by atoms with Crippen LogP contribution in [0.1, 0.15) is 37.7 Å². The fraction of sp³-hybridized carbons (Fsp3) is 0.529. The van der Waals surface area contributed by atoms with Crippen LogP contribution < -0.4 is 9.47 Å². The van der Waals surface area contributed by atoms with Crippen LogP contribution in [-0.2, 0) is 0 Å². The van der Waals surface area contributed by atoms with Crippen molar-refractivity contribution in [3.63, 3.8) is 0 Å². The molecule has 1 atom stereocenters. The van der Waals surface area contributed by atoms with Gasteiger partial charge in [0.15, 0.2) is 5.75 Å². The van der Waals surface area contributed by atoms with Gasteiger partial charge >= 0.3 is 6.18 Å². The number of alkyl halides is 3. The number of benzene rings is 1. The van der Waals surface area contributed by atoms with Crippen LogP contribution in [0, 0.1) is 5.92 Å². The summed E-state index contributed by atoms with van der Waals surface area (Å²) in [5, 5.41) is 0.264. The van der Waals surface area contributed by atoms with Crippen molar-refractivity contribution in [2.24, 2.45) is 5.92 Å². The van der Waals surface area contributed by atoms with Gasteiger partial charge in [-0.05, 0) is 30.9 Å². The van der Waals surface area contributed by atoms with Crippen LogP contribution in [0.5, 0.6) is 11.5 Å². The molecule has 2 nitrogen and oxygen atoms in total. The molecule has 0 amide bonds. The molecular weight excluding hydrogens is 364 g/mol. The van der Waals surface area contributed by atoms with Gasteiger partial charge in [0.1, 0.15) is 10.8 Å². The maximum atomic E-state index is 12.9. The predicted molar refractivity (Wildman–Crippen MR) is 88.0 cm³/mol. The van der Waals surface area contributed by atoms with Crippen molar-refractivity contribution in [1.82, 2.24) is 0 Å². The minimum atomic E-state index is -4.50. The summed E-state index contributed by atoms with van der Waals surface area (Å²) in [6.45, 7) is 0.455. The van der Waals surface area contributed by atoms with E-state index in [9.17, 15) is 13.2 Å². The maximum absolute atomic E-state index is 12.9. The fourth-order valence-corrected chi connectivity index (χ4v) is 3.69. The Bertz CT molecular complexity index is 638. The molecule has 24 heavy (non-hydrogen) atoms. The second-order valence-electron chi connectivity index (χ2n) is 6.17. The average molecular weight is 381 g/mol. The van der Waals surface area contributed by atoms with Gasteiger partial charge in [-0.1, -0.05) is 48.5 Å². The molecule has 7 heteroatoms. The van der Waals surface area contributed by atoms with Crippen molar-refractivity contribution >= 4 is 29.3 Å². The number of hydrogen-bond acceptors (Lipinski definition) is 2. The first-order valence-corrected chi connectivity index (χ1v) is 8.68. The van der Waals surface area contributed by atoms with Crippen molar-refractivity contribution in [1.29, 1.82) is 0 Å². The number of fused-ring (bicyclic) bond motifs is 1.